The van der Waals surface area contributed by atoms with Crippen molar-refractivity contribution < 1.29 is 13.9 Å². The molecule has 1 rings (SSSR count). The molecule has 1 aromatic heterocycles. The summed E-state index contributed by atoms with van der Waals surface area (Å²) in [7, 11) is 0. The Bertz CT molecular complexity index is 267. The first-order valence-electron chi connectivity index (χ1n) is 2.78. The van der Waals surface area contributed by atoms with Gasteiger partial charge in [-0.2, -0.15) is 0 Å². The zero-order valence-electron chi connectivity index (χ0n) is 5.33. The van der Waals surface area contributed by atoms with Crippen LogP contribution in [0.3, 0.4) is 0 Å². The molecule has 1 heterocycles. The molecule has 1 N–H and O–H groups in total. The van der Waals surface area contributed by atoms with E-state index in [1.807, 2.05) is 0 Å². The van der Waals surface area contributed by atoms with E-state index >= 15 is 0 Å². The van der Waals surface area contributed by atoms with E-state index in [1.165, 1.54) is 6.07 Å². The topological polar surface area (TPSA) is 33.1 Å². The Morgan fingerprint density at radius 3 is 2.55 bits per heavy atom. The Kier molecular flexibility index (Phi) is 2.28. The largest absolute Gasteiger partial charge is 0.492 e. The van der Waals surface area contributed by atoms with E-state index in [-0.39, 0.29) is 4.90 Å². The zero-order chi connectivity index (χ0) is 8.43. The van der Waals surface area contributed by atoms with Crippen molar-refractivity contribution in [2.75, 3.05) is 0 Å². The number of halogens is 2. The lowest BCUT2D eigenvalue weighted by Crippen LogP contribution is -1.89. The van der Waals surface area contributed by atoms with Crippen molar-refractivity contribution in [2.24, 2.45) is 0 Å². The Morgan fingerprint density at radius 2 is 2.09 bits per heavy atom. The summed E-state index contributed by atoms with van der Waals surface area (Å²) in [6.45, 7) is 0. The normalized spacial score (nSPS) is 10.5. The highest BCUT2D eigenvalue weighted by Crippen LogP contribution is 2.23. The van der Waals surface area contributed by atoms with E-state index in [0.717, 1.165) is 6.07 Å². The molecule has 0 fully saturated rings. The van der Waals surface area contributed by atoms with Gasteiger partial charge in [0.1, 0.15) is 5.69 Å². The molecule has 0 aliphatic carbocycles. The fourth-order valence-electron chi connectivity index (χ4n) is 0.577. The van der Waals surface area contributed by atoms with Crippen molar-refractivity contribution >= 4 is 12.6 Å². The van der Waals surface area contributed by atoms with Gasteiger partial charge in [0, 0.05) is 0 Å². The van der Waals surface area contributed by atoms with E-state index in [4.69, 9.17) is 5.11 Å². The summed E-state index contributed by atoms with van der Waals surface area (Å²) in [6, 6.07) is 2.39. The molecule has 0 amide bonds. The summed E-state index contributed by atoms with van der Waals surface area (Å²) in [4.78, 5) is 3.39. The molecule has 0 saturated heterocycles. The fourth-order valence-corrected chi connectivity index (χ4v) is 0.702. The average molecular weight is 177 g/mol. The summed E-state index contributed by atoms with van der Waals surface area (Å²) in [5.74, 6) is -0.467. The highest BCUT2D eigenvalue weighted by atomic mass is 32.1. The number of hydrogen-bond acceptors (Lipinski definition) is 3. The van der Waals surface area contributed by atoms with Crippen molar-refractivity contribution in [3.05, 3.63) is 17.8 Å². The average Bonchev–Trinajstić information content (AvgIpc) is 1.94. The summed E-state index contributed by atoms with van der Waals surface area (Å²) < 4.78 is 23.8. The number of hydrogen-bond donors (Lipinski definition) is 2. The molecular weight excluding hydrogens is 172 g/mol. The van der Waals surface area contributed by atoms with E-state index < -0.39 is 18.0 Å². The van der Waals surface area contributed by atoms with Crippen LogP contribution in [0.2, 0.25) is 0 Å². The van der Waals surface area contributed by atoms with Gasteiger partial charge >= 0.3 is 0 Å². The standard InChI is InChI=1S/C6H5F2NOS/c7-5(8)3-1-2-4(11)6(10)9-3/h1-2,5,11H,(H,9,10). The van der Waals surface area contributed by atoms with Gasteiger partial charge in [-0.3, -0.25) is 0 Å². The highest BCUT2D eigenvalue weighted by molar-refractivity contribution is 7.80. The third-order valence-electron chi connectivity index (χ3n) is 1.10. The summed E-state index contributed by atoms with van der Waals surface area (Å²) in [6.07, 6.45) is -2.66. The molecule has 5 heteroatoms. The van der Waals surface area contributed by atoms with Gasteiger partial charge in [-0.15, -0.1) is 12.6 Å². The van der Waals surface area contributed by atoms with Crippen LogP contribution in [0.4, 0.5) is 8.78 Å². The molecule has 2 nitrogen and oxygen atoms in total. The van der Waals surface area contributed by atoms with Gasteiger partial charge in [-0.25, -0.2) is 13.8 Å². The third kappa shape index (κ3) is 1.80. The fraction of sp³-hybridized carbons (Fsp3) is 0.167. The predicted octanol–water partition coefficient (Wildman–Crippen LogP) is 2.01. The molecule has 0 saturated carbocycles. The minimum Gasteiger partial charge on any atom is -0.492 e. The van der Waals surface area contributed by atoms with Crippen LogP contribution in [0.5, 0.6) is 5.88 Å². The second-order valence-electron chi connectivity index (χ2n) is 1.88. The Labute approximate surface area is 67.3 Å². The van der Waals surface area contributed by atoms with Gasteiger partial charge in [0.15, 0.2) is 0 Å². The minimum absolute atomic E-state index is 0.189. The van der Waals surface area contributed by atoms with Crippen LogP contribution in [0.15, 0.2) is 17.0 Å². The lowest BCUT2D eigenvalue weighted by atomic mass is 10.3. The van der Waals surface area contributed by atoms with Crippen LogP contribution in [0, 0.1) is 0 Å². The van der Waals surface area contributed by atoms with Crippen LogP contribution in [0.25, 0.3) is 0 Å². The smallest absolute Gasteiger partial charge is 0.280 e. The molecule has 0 aromatic carbocycles. The van der Waals surface area contributed by atoms with Gasteiger partial charge < -0.3 is 5.11 Å². The zero-order valence-corrected chi connectivity index (χ0v) is 6.22. The maximum absolute atomic E-state index is 11.9. The number of aromatic hydroxyl groups is 1. The molecule has 0 spiro atoms. The van der Waals surface area contributed by atoms with E-state index in [0.29, 0.717) is 0 Å². The van der Waals surface area contributed by atoms with Gasteiger partial charge in [0.2, 0.25) is 5.88 Å². The highest BCUT2D eigenvalue weighted by Gasteiger charge is 2.09. The molecule has 0 radical (unpaired) electrons. The maximum atomic E-state index is 11.9. The SMILES string of the molecule is Oc1nc(C(F)F)ccc1S. The Balaban J connectivity index is 3.05. The lowest BCUT2D eigenvalue weighted by molar-refractivity contribution is 0.145. The molecule has 0 aliphatic rings. The van der Waals surface area contributed by atoms with Crippen molar-refractivity contribution in [1.82, 2.24) is 4.98 Å². The van der Waals surface area contributed by atoms with Crippen LogP contribution in [-0.2, 0) is 0 Å². The Morgan fingerprint density at radius 1 is 1.45 bits per heavy atom. The second-order valence-corrected chi connectivity index (χ2v) is 2.36. The second kappa shape index (κ2) is 3.04. The summed E-state index contributed by atoms with van der Waals surface area (Å²) >= 11 is 3.76. The van der Waals surface area contributed by atoms with Crippen LogP contribution < -0.4 is 0 Å². The molecule has 0 bridgehead atoms. The van der Waals surface area contributed by atoms with Crippen molar-refractivity contribution in [3.63, 3.8) is 0 Å². The summed E-state index contributed by atoms with van der Waals surface area (Å²) in [5.41, 5.74) is -0.444. The van der Waals surface area contributed by atoms with Crippen LogP contribution in [0.1, 0.15) is 12.1 Å². The van der Waals surface area contributed by atoms with E-state index in [9.17, 15) is 8.78 Å². The van der Waals surface area contributed by atoms with Gasteiger partial charge in [0.25, 0.3) is 6.43 Å². The molecule has 0 aliphatic heterocycles. The van der Waals surface area contributed by atoms with E-state index in [2.05, 4.69) is 17.6 Å². The monoisotopic (exact) mass is 177 g/mol. The van der Waals surface area contributed by atoms with Crippen molar-refractivity contribution in [2.45, 2.75) is 11.3 Å². The predicted molar refractivity (Wildman–Crippen MR) is 38.1 cm³/mol. The number of thiol groups is 1. The van der Waals surface area contributed by atoms with Crippen molar-refractivity contribution in [1.29, 1.82) is 0 Å². The maximum Gasteiger partial charge on any atom is 0.280 e. The summed E-state index contributed by atoms with van der Waals surface area (Å²) in [5, 5.41) is 8.83. The Hall–Kier alpha value is -0.840. The molecule has 1 aromatic rings. The molecule has 0 unspecified atom stereocenters. The molecule has 11 heavy (non-hydrogen) atoms. The number of aromatic nitrogens is 1. The van der Waals surface area contributed by atoms with Crippen molar-refractivity contribution in [3.8, 4) is 5.88 Å². The van der Waals surface area contributed by atoms with Crippen LogP contribution in [-0.4, -0.2) is 10.1 Å². The number of nitrogens with zero attached hydrogens (tertiary/aromatic N) is 1. The van der Waals surface area contributed by atoms with E-state index in [1.54, 1.807) is 0 Å². The first-order valence-corrected chi connectivity index (χ1v) is 3.23. The number of rotatable bonds is 1. The number of pyridine rings is 1. The minimum atomic E-state index is -2.66. The molecule has 0 atom stereocenters. The number of alkyl halides is 2. The lowest BCUT2D eigenvalue weighted by Gasteiger charge is -1.99. The first kappa shape index (κ1) is 8.26. The molecular formula is C6H5F2NOS. The first-order chi connectivity index (χ1) is 5.11. The molecule has 60 valence electrons. The van der Waals surface area contributed by atoms with Crippen LogP contribution >= 0.6 is 12.6 Å². The third-order valence-corrected chi connectivity index (χ3v) is 1.45. The van der Waals surface area contributed by atoms with Gasteiger partial charge in [0.05, 0.1) is 4.90 Å². The van der Waals surface area contributed by atoms with Gasteiger partial charge in [-0.05, 0) is 12.1 Å². The quantitative estimate of drug-likeness (QED) is 0.643. The van der Waals surface area contributed by atoms with Gasteiger partial charge in [-0.1, -0.05) is 0 Å².